The monoisotopic (exact) mass is 317 g/mol. The maximum atomic E-state index is 13.1. The van der Waals surface area contributed by atoms with Crippen molar-refractivity contribution in [2.24, 2.45) is 0 Å². The first-order valence-electron chi connectivity index (χ1n) is 6.13. The highest BCUT2D eigenvalue weighted by Gasteiger charge is 2.30. The molecule has 1 nitrogen and oxygen atoms in total. The third-order valence-corrected chi connectivity index (χ3v) is 3.31. The minimum atomic E-state index is -4.42. The van der Waals surface area contributed by atoms with Gasteiger partial charge in [0.1, 0.15) is 5.82 Å². The van der Waals surface area contributed by atoms with Crippen LogP contribution in [0, 0.1) is 12.7 Å². The van der Waals surface area contributed by atoms with E-state index in [0.29, 0.717) is 17.8 Å². The maximum Gasteiger partial charge on any atom is 0.416 e. The largest absolute Gasteiger partial charge is 0.416 e. The Kier molecular flexibility index (Phi) is 4.42. The molecule has 0 bridgehead atoms. The first kappa shape index (κ1) is 15.6. The highest BCUT2D eigenvalue weighted by molar-refractivity contribution is 6.33. The zero-order valence-corrected chi connectivity index (χ0v) is 11.8. The highest BCUT2D eigenvalue weighted by atomic mass is 35.5. The zero-order valence-electron chi connectivity index (χ0n) is 11.1. The molecule has 2 rings (SSSR count). The number of aryl methyl sites for hydroxylation is 1. The molecule has 112 valence electrons. The summed E-state index contributed by atoms with van der Waals surface area (Å²) in [6.07, 6.45) is -4.42. The molecule has 0 aliphatic carbocycles. The molecule has 0 saturated heterocycles. The fraction of sp³-hybridized carbons (Fsp3) is 0.200. The molecular weight excluding hydrogens is 306 g/mol. The van der Waals surface area contributed by atoms with Gasteiger partial charge in [-0.05, 0) is 42.3 Å². The number of anilines is 1. The summed E-state index contributed by atoms with van der Waals surface area (Å²) in [5.74, 6) is -0.300. The van der Waals surface area contributed by atoms with Gasteiger partial charge in [0.25, 0.3) is 0 Å². The predicted octanol–water partition coefficient (Wildman–Crippen LogP) is 5.42. The number of benzene rings is 2. The quantitative estimate of drug-likeness (QED) is 0.745. The second-order valence-corrected chi connectivity index (χ2v) is 5.04. The molecule has 0 unspecified atom stereocenters. The van der Waals surface area contributed by atoms with Crippen LogP contribution in [-0.2, 0) is 12.7 Å². The van der Waals surface area contributed by atoms with Crippen LogP contribution < -0.4 is 5.32 Å². The Morgan fingerprint density at radius 1 is 1.10 bits per heavy atom. The normalized spacial score (nSPS) is 11.5. The standard InChI is InChI=1S/C15H12ClF4N/c1-9-6-10(2-4-13(9)17)8-21-14-5-3-11(7-12(14)16)15(18,19)20/h2-7,21H,8H2,1H3. The fourth-order valence-electron chi connectivity index (χ4n) is 1.85. The molecule has 0 atom stereocenters. The summed E-state index contributed by atoms with van der Waals surface area (Å²) in [7, 11) is 0. The van der Waals surface area contributed by atoms with E-state index < -0.39 is 11.7 Å². The van der Waals surface area contributed by atoms with Crippen LogP contribution in [-0.4, -0.2) is 0 Å². The molecule has 0 amide bonds. The van der Waals surface area contributed by atoms with Gasteiger partial charge in [0.05, 0.1) is 16.3 Å². The average molecular weight is 318 g/mol. The Labute approximate surface area is 124 Å². The summed E-state index contributed by atoms with van der Waals surface area (Å²) in [5.41, 5.74) is 0.917. The lowest BCUT2D eigenvalue weighted by atomic mass is 10.1. The Hall–Kier alpha value is -1.75. The van der Waals surface area contributed by atoms with Gasteiger partial charge >= 0.3 is 6.18 Å². The number of rotatable bonds is 3. The lowest BCUT2D eigenvalue weighted by molar-refractivity contribution is -0.137. The van der Waals surface area contributed by atoms with E-state index in [1.807, 2.05) is 0 Å². The van der Waals surface area contributed by atoms with Gasteiger partial charge < -0.3 is 5.32 Å². The van der Waals surface area contributed by atoms with Gasteiger partial charge in [-0.3, -0.25) is 0 Å². The Bertz CT molecular complexity index is 653. The van der Waals surface area contributed by atoms with Crippen molar-refractivity contribution < 1.29 is 17.6 Å². The van der Waals surface area contributed by atoms with Crippen molar-refractivity contribution in [1.29, 1.82) is 0 Å². The first-order chi connectivity index (χ1) is 9.77. The molecule has 0 aliphatic heterocycles. The average Bonchev–Trinajstić information content (AvgIpc) is 2.40. The molecule has 2 aromatic rings. The van der Waals surface area contributed by atoms with Gasteiger partial charge in [-0.25, -0.2) is 4.39 Å². The summed E-state index contributed by atoms with van der Waals surface area (Å²) in [6, 6.07) is 7.74. The Morgan fingerprint density at radius 3 is 2.38 bits per heavy atom. The van der Waals surface area contributed by atoms with Crippen LogP contribution in [0.15, 0.2) is 36.4 Å². The number of hydrogen-bond donors (Lipinski definition) is 1. The highest BCUT2D eigenvalue weighted by Crippen LogP contribution is 2.33. The summed E-state index contributed by atoms with van der Waals surface area (Å²) >= 11 is 5.84. The third kappa shape index (κ3) is 3.88. The smallest absolute Gasteiger partial charge is 0.380 e. The lowest BCUT2D eigenvalue weighted by Gasteiger charge is -2.12. The van der Waals surface area contributed by atoms with Crippen LogP contribution in [0.25, 0.3) is 0 Å². The van der Waals surface area contributed by atoms with Crippen LogP contribution in [0.5, 0.6) is 0 Å². The number of alkyl halides is 3. The molecule has 0 aromatic heterocycles. The second-order valence-electron chi connectivity index (χ2n) is 4.63. The van der Waals surface area contributed by atoms with Crippen LogP contribution in [0.2, 0.25) is 5.02 Å². The summed E-state index contributed by atoms with van der Waals surface area (Å²) in [5, 5.41) is 2.92. The van der Waals surface area contributed by atoms with E-state index in [-0.39, 0.29) is 10.8 Å². The molecule has 0 radical (unpaired) electrons. The molecule has 2 aromatic carbocycles. The number of hydrogen-bond acceptors (Lipinski definition) is 1. The van der Waals surface area contributed by atoms with Crippen molar-refractivity contribution in [2.45, 2.75) is 19.6 Å². The van der Waals surface area contributed by atoms with Crippen LogP contribution >= 0.6 is 11.6 Å². The molecule has 0 spiro atoms. The van der Waals surface area contributed by atoms with Crippen molar-refractivity contribution in [2.75, 3.05) is 5.32 Å². The molecule has 0 fully saturated rings. The summed E-state index contributed by atoms with van der Waals surface area (Å²) in [4.78, 5) is 0. The molecule has 21 heavy (non-hydrogen) atoms. The van der Waals surface area contributed by atoms with Gasteiger partial charge in [0.2, 0.25) is 0 Å². The minimum absolute atomic E-state index is 0.0105. The van der Waals surface area contributed by atoms with Gasteiger partial charge in [0.15, 0.2) is 0 Å². The summed E-state index contributed by atoms with van der Waals surface area (Å²) < 4.78 is 50.7. The van der Waals surface area contributed by atoms with E-state index in [4.69, 9.17) is 11.6 Å². The lowest BCUT2D eigenvalue weighted by Crippen LogP contribution is -2.06. The molecule has 0 saturated carbocycles. The number of nitrogens with one attached hydrogen (secondary N) is 1. The van der Waals surface area contributed by atoms with E-state index in [0.717, 1.165) is 17.7 Å². The number of halogens is 5. The molecule has 1 N–H and O–H groups in total. The third-order valence-electron chi connectivity index (χ3n) is 3.00. The van der Waals surface area contributed by atoms with Gasteiger partial charge in [0, 0.05) is 6.54 Å². The van der Waals surface area contributed by atoms with Crippen molar-refractivity contribution in [1.82, 2.24) is 0 Å². The van der Waals surface area contributed by atoms with Crippen molar-refractivity contribution >= 4 is 17.3 Å². The van der Waals surface area contributed by atoms with Crippen LogP contribution in [0.1, 0.15) is 16.7 Å². The van der Waals surface area contributed by atoms with Gasteiger partial charge in [-0.2, -0.15) is 13.2 Å². The topological polar surface area (TPSA) is 12.0 Å². The van der Waals surface area contributed by atoms with E-state index in [9.17, 15) is 17.6 Å². The van der Waals surface area contributed by atoms with Gasteiger partial charge in [-0.1, -0.05) is 23.7 Å². The predicted molar refractivity (Wildman–Crippen MR) is 74.9 cm³/mol. The minimum Gasteiger partial charge on any atom is -0.380 e. The van der Waals surface area contributed by atoms with E-state index >= 15 is 0 Å². The molecule has 0 heterocycles. The Balaban J connectivity index is 2.11. The molecular formula is C15H12ClF4N. The molecule has 6 heteroatoms. The zero-order chi connectivity index (χ0) is 15.6. The first-order valence-corrected chi connectivity index (χ1v) is 6.51. The molecule has 0 aliphatic rings. The van der Waals surface area contributed by atoms with Crippen molar-refractivity contribution in [3.8, 4) is 0 Å². The maximum absolute atomic E-state index is 13.1. The van der Waals surface area contributed by atoms with E-state index in [1.54, 1.807) is 19.1 Å². The van der Waals surface area contributed by atoms with Crippen molar-refractivity contribution in [3.63, 3.8) is 0 Å². The fourth-order valence-corrected chi connectivity index (χ4v) is 2.10. The van der Waals surface area contributed by atoms with Gasteiger partial charge in [-0.15, -0.1) is 0 Å². The SMILES string of the molecule is Cc1cc(CNc2ccc(C(F)(F)F)cc2Cl)ccc1F. The van der Waals surface area contributed by atoms with Crippen molar-refractivity contribution in [3.05, 3.63) is 63.9 Å². The Morgan fingerprint density at radius 2 is 1.81 bits per heavy atom. The van der Waals surface area contributed by atoms with Crippen LogP contribution in [0.3, 0.4) is 0 Å². The van der Waals surface area contributed by atoms with E-state index in [2.05, 4.69) is 5.32 Å². The van der Waals surface area contributed by atoms with E-state index in [1.165, 1.54) is 12.1 Å². The second kappa shape index (κ2) is 5.93. The summed E-state index contributed by atoms with van der Waals surface area (Å²) in [6.45, 7) is 1.98. The van der Waals surface area contributed by atoms with Crippen LogP contribution in [0.4, 0.5) is 23.2 Å².